The largest absolute Gasteiger partial charge is 0.339 e. The van der Waals surface area contributed by atoms with E-state index in [1.165, 1.54) is 0 Å². The molecule has 1 amide bonds. The van der Waals surface area contributed by atoms with E-state index in [2.05, 4.69) is 0 Å². The normalized spacial score (nSPS) is 29.2. The predicted molar refractivity (Wildman–Crippen MR) is 59.9 cm³/mol. The van der Waals surface area contributed by atoms with Gasteiger partial charge >= 0.3 is 0 Å². The summed E-state index contributed by atoms with van der Waals surface area (Å²) in [5, 5.41) is 0.0800. The second kappa shape index (κ2) is 5.68. The number of amides is 1. The monoisotopic (exact) mass is 240 g/mol. The number of nitrogens with zero attached hydrogens (tertiary/aromatic N) is 1. The summed E-state index contributed by atoms with van der Waals surface area (Å²) in [5.41, 5.74) is 5.48. The van der Waals surface area contributed by atoms with Gasteiger partial charge in [-0.25, -0.2) is 0 Å². The van der Waals surface area contributed by atoms with E-state index in [1.807, 2.05) is 6.92 Å². The van der Waals surface area contributed by atoms with Crippen LogP contribution in [0.1, 0.15) is 13.8 Å². The Hall–Kier alpha value is -0.130. The van der Waals surface area contributed by atoms with E-state index < -0.39 is 16.8 Å². The third-order valence-electron chi connectivity index (χ3n) is 2.19. The molecular weight excluding hydrogens is 224 g/mol. The lowest BCUT2D eigenvalue weighted by Crippen LogP contribution is -2.50. The molecule has 0 aromatic carbocycles. The third kappa shape index (κ3) is 3.22. The van der Waals surface area contributed by atoms with Crippen molar-refractivity contribution in [2.75, 3.05) is 18.8 Å². The molecule has 1 aliphatic heterocycles. The fraction of sp³-hybridized carbons (Fsp3) is 0.875. The van der Waals surface area contributed by atoms with E-state index in [0.29, 0.717) is 18.8 Å². The number of rotatable bonds is 1. The van der Waals surface area contributed by atoms with Gasteiger partial charge in [-0.2, -0.15) is 0 Å². The summed E-state index contributed by atoms with van der Waals surface area (Å²) in [4.78, 5) is 13.2. The quantitative estimate of drug-likeness (QED) is 0.687. The van der Waals surface area contributed by atoms with E-state index in [-0.39, 0.29) is 23.6 Å². The highest BCUT2D eigenvalue weighted by atomic mass is 35.5. The summed E-state index contributed by atoms with van der Waals surface area (Å²) in [5.74, 6) is 0.545. The van der Waals surface area contributed by atoms with Crippen LogP contribution in [0, 0.1) is 0 Å². The maximum absolute atomic E-state index is 11.5. The molecule has 0 radical (unpaired) electrons. The van der Waals surface area contributed by atoms with Crippen LogP contribution >= 0.6 is 12.4 Å². The van der Waals surface area contributed by atoms with E-state index in [1.54, 1.807) is 11.8 Å². The van der Waals surface area contributed by atoms with Gasteiger partial charge in [0.25, 0.3) is 0 Å². The minimum absolute atomic E-state index is 0. The summed E-state index contributed by atoms with van der Waals surface area (Å²) < 4.78 is 11.3. The lowest BCUT2D eigenvalue weighted by atomic mass is 10.3. The smallest absolute Gasteiger partial charge is 0.239 e. The van der Waals surface area contributed by atoms with Crippen LogP contribution in [0.25, 0.3) is 0 Å². The molecule has 1 rings (SSSR count). The third-order valence-corrected chi connectivity index (χ3v) is 3.82. The van der Waals surface area contributed by atoms with E-state index in [9.17, 15) is 9.00 Å². The molecule has 6 heteroatoms. The van der Waals surface area contributed by atoms with Crippen LogP contribution in [0.3, 0.4) is 0 Å². The van der Waals surface area contributed by atoms with Crippen LogP contribution < -0.4 is 5.73 Å². The molecule has 0 bridgehead atoms. The molecular formula is C8H17ClN2O2S. The Morgan fingerprint density at radius 1 is 1.64 bits per heavy atom. The van der Waals surface area contributed by atoms with E-state index in [0.717, 1.165) is 0 Å². The molecule has 3 atom stereocenters. The second-order valence-electron chi connectivity index (χ2n) is 3.47. The zero-order valence-electron chi connectivity index (χ0n) is 8.43. The van der Waals surface area contributed by atoms with Crippen molar-refractivity contribution in [3.05, 3.63) is 0 Å². The highest BCUT2D eigenvalue weighted by Crippen LogP contribution is 2.08. The summed E-state index contributed by atoms with van der Waals surface area (Å²) in [7, 11) is -0.770. The van der Waals surface area contributed by atoms with Crippen LogP contribution in [0.15, 0.2) is 0 Å². The summed E-state index contributed by atoms with van der Waals surface area (Å²) >= 11 is 0. The molecule has 1 aliphatic rings. The van der Waals surface area contributed by atoms with Crippen molar-refractivity contribution in [3.63, 3.8) is 0 Å². The highest BCUT2D eigenvalue weighted by Gasteiger charge is 2.26. The van der Waals surface area contributed by atoms with E-state index >= 15 is 0 Å². The molecule has 0 spiro atoms. The molecule has 4 nitrogen and oxygen atoms in total. The molecule has 84 valence electrons. The molecule has 0 aromatic rings. The molecule has 1 heterocycles. The summed E-state index contributed by atoms with van der Waals surface area (Å²) in [6.07, 6.45) is 0. The van der Waals surface area contributed by atoms with Gasteiger partial charge < -0.3 is 10.6 Å². The Morgan fingerprint density at radius 3 is 2.64 bits per heavy atom. The van der Waals surface area contributed by atoms with Crippen molar-refractivity contribution >= 4 is 29.1 Å². The lowest BCUT2D eigenvalue weighted by molar-refractivity contribution is -0.132. The van der Waals surface area contributed by atoms with Gasteiger partial charge in [-0.05, 0) is 13.8 Å². The average molecular weight is 241 g/mol. The number of nitrogens with two attached hydrogens (primary N) is 1. The highest BCUT2D eigenvalue weighted by molar-refractivity contribution is 7.85. The number of carbonyl (C=O) groups is 1. The zero-order valence-corrected chi connectivity index (χ0v) is 10.1. The van der Waals surface area contributed by atoms with Crippen LogP contribution in [-0.2, 0) is 15.6 Å². The maximum Gasteiger partial charge on any atom is 0.239 e. The van der Waals surface area contributed by atoms with Crippen molar-refractivity contribution in [1.82, 2.24) is 4.90 Å². The lowest BCUT2D eigenvalue weighted by Gasteiger charge is -2.31. The van der Waals surface area contributed by atoms with Crippen molar-refractivity contribution < 1.29 is 9.00 Å². The fourth-order valence-electron chi connectivity index (χ4n) is 1.37. The first kappa shape index (κ1) is 13.9. The van der Waals surface area contributed by atoms with E-state index in [4.69, 9.17) is 5.73 Å². The Kier molecular flexibility index (Phi) is 5.63. The van der Waals surface area contributed by atoms with Crippen molar-refractivity contribution in [1.29, 1.82) is 0 Å². The first-order valence-electron chi connectivity index (χ1n) is 4.44. The van der Waals surface area contributed by atoms with Crippen LogP contribution in [0.4, 0.5) is 0 Å². The van der Waals surface area contributed by atoms with Crippen LogP contribution in [0.2, 0.25) is 0 Å². The summed E-state index contributed by atoms with van der Waals surface area (Å²) in [6.45, 7) is 4.74. The number of halogens is 1. The maximum atomic E-state index is 11.5. The predicted octanol–water partition coefficient (Wildman–Crippen LogP) is -0.265. The second-order valence-corrected chi connectivity index (χ2v) is 5.44. The van der Waals surface area contributed by atoms with Gasteiger partial charge in [0.05, 0.1) is 6.04 Å². The number of carbonyl (C=O) groups excluding carboxylic acids is 1. The van der Waals surface area contributed by atoms with Crippen LogP contribution in [-0.4, -0.2) is 45.2 Å². The summed E-state index contributed by atoms with van der Waals surface area (Å²) in [6, 6.07) is -0.446. The van der Waals surface area contributed by atoms with Crippen LogP contribution in [0.5, 0.6) is 0 Å². The van der Waals surface area contributed by atoms with Gasteiger partial charge in [0, 0.05) is 34.9 Å². The molecule has 0 aliphatic carbocycles. The van der Waals surface area contributed by atoms with Crippen molar-refractivity contribution in [2.24, 2.45) is 5.73 Å². The molecule has 2 N–H and O–H groups in total. The first-order chi connectivity index (χ1) is 6.02. The number of hydrogen-bond donors (Lipinski definition) is 1. The molecule has 1 fully saturated rings. The Morgan fingerprint density at radius 2 is 2.21 bits per heavy atom. The van der Waals surface area contributed by atoms with Gasteiger partial charge in [0.1, 0.15) is 0 Å². The molecule has 0 aromatic heterocycles. The van der Waals surface area contributed by atoms with Crippen molar-refractivity contribution in [3.8, 4) is 0 Å². The van der Waals surface area contributed by atoms with Gasteiger partial charge in [-0.15, -0.1) is 12.4 Å². The topological polar surface area (TPSA) is 63.4 Å². The average Bonchev–Trinajstić information content (AvgIpc) is 2.08. The fourth-order valence-corrected chi connectivity index (χ4v) is 2.52. The van der Waals surface area contributed by atoms with Gasteiger partial charge in [0.2, 0.25) is 5.91 Å². The van der Waals surface area contributed by atoms with Gasteiger partial charge in [0.15, 0.2) is 0 Å². The van der Waals surface area contributed by atoms with Crippen molar-refractivity contribution in [2.45, 2.75) is 25.1 Å². The Labute approximate surface area is 93.1 Å². The molecule has 14 heavy (non-hydrogen) atoms. The Bertz CT molecular complexity index is 235. The van der Waals surface area contributed by atoms with Gasteiger partial charge in [-0.1, -0.05) is 0 Å². The molecule has 0 saturated carbocycles. The minimum Gasteiger partial charge on any atom is -0.339 e. The molecule has 3 unspecified atom stereocenters. The Balaban J connectivity index is 0.00000169. The van der Waals surface area contributed by atoms with Gasteiger partial charge in [-0.3, -0.25) is 9.00 Å². The zero-order chi connectivity index (χ0) is 10.0. The SMILES string of the molecule is CC(N)C(=O)N1CCS(=O)C(C)C1.Cl. The molecule has 1 saturated heterocycles. The number of hydrogen-bond acceptors (Lipinski definition) is 3. The first-order valence-corrected chi connectivity index (χ1v) is 5.82. The minimum atomic E-state index is -0.770. The standard InChI is InChI=1S/C8H16N2O2S.ClH/c1-6-5-10(3-4-13(6)12)8(11)7(2)9;/h6-7H,3-5,9H2,1-2H3;1H.